The van der Waals surface area contributed by atoms with E-state index in [-0.39, 0.29) is 11.4 Å². The summed E-state index contributed by atoms with van der Waals surface area (Å²) in [6, 6.07) is 3.81. The Labute approximate surface area is 165 Å². The highest BCUT2D eigenvalue weighted by atomic mass is 16.5. The summed E-state index contributed by atoms with van der Waals surface area (Å²) in [4.78, 5) is 25.2. The number of methoxy groups -OCH3 is 1. The van der Waals surface area contributed by atoms with Crippen molar-refractivity contribution in [3.8, 4) is 11.5 Å². The highest BCUT2D eigenvalue weighted by molar-refractivity contribution is 5.74. The van der Waals surface area contributed by atoms with Crippen molar-refractivity contribution in [3.05, 3.63) is 30.4 Å². The number of carbonyl (C=O) groups is 1. The van der Waals surface area contributed by atoms with E-state index in [0.717, 1.165) is 37.9 Å². The molecule has 1 aliphatic rings. The van der Waals surface area contributed by atoms with Crippen molar-refractivity contribution in [3.63, 3.8) is 0 Å². The van der Waals surface area contributed by atoms with Crippen LogP contribution in [0.15, 0.2) is 29.0 Å². The van der Waals surface area contributed by atoms with Crippen molar-refractivity contribution < 1.29 is 14.1 Å². The summed E-state index contributed by atoms with van der Waals surface area (Å²) in [5.41, 5.74) is 0.606. The first-order valence-electron chi connectivity index (χ1n) is 9.91. The van der Waals surface area contributed by atoms with Crippen molar-refractivity contribution in [1.29, 1.82) is 0 Å². The van der Waals surface area contributed by atoms with Crippen molar-refractivity contribution >= 4 is 6.03 Å². The molecule has 1 aliphatic heterocycles. The highest BCUT2D eigenvalue weighted by Gasteiger charge is 2.41. The Morgan fingerprint density at radius 2 is 1.93 bits per heavy atom. The van der Waals surface area contributed by atoms with Gasteiger partial charge < -0.3 is 19.1 Å². The van der Waals surface area contributed by atoms with Crippen LogP contribution in [0.4, 0.5) is 4.79 Å². The van der Waals surface area contributed by atoms with Crippen molar-refractivity contribution in [1.82, 2.24) is 24.9 Å². The van der Waals surface area contributed by atoms with E-state index in [1.54, 1.807) is 19.5 Å². The molecule has 2 aromatic rings. The molecule has 8 heteroatoms. The first kappa shape index (κ1) is 20.3. The standard InChI is InChI=1S/C20H29N5O3/c1-4-24(5-2)19(26)25-13-8-20(9-14-25,10-15-27-3)18-22-17(28-23-18)16-6-11-21-12-7-16/h6-7,11-12H,4-5,8-10,13-15H2,1-3H3. The first-order chi connectivity index (χ1) is 13.6. The van der Waals surface area contributed by atoms with E-state index in [0.29, 0.717) is 31.4 Å². The SMILES string of the molecule is CCN(CC)C(=O)N1CCC(CCOC)(c2noc(-c3ccncc3)n2)CC1. The summed E-state index contributed by atoms with van der Waals surface area (Å²) < 4.78 is 10.9. The fourth-order valence-electron chi connectivity index (χ4n) is 3.75. The third kappa shape index (κ3) is 4.16. The van der Waals surface area contributed by atoms with E-state index < -0.39 is 0 Å². The van der Waals surface area contributed by atoms with Gasteiger partial charge in [-0.05, 0) is 45.2 Å². The summed E-state index contributed by atoms with van der Waals surface area (Å²) in [6.45, 7) is 7.43. The van der Waals surface area contributed by atoms with Crippen LogP contribution in [0.1, 0.15) is 38.9 Å². The van der Waals surface area contributed by atoms with Crippen LogP contribution in [0, 0.1) is 0 Å². The van der Waals surface area contributed by atoms with Crippen LogP contribution in [-0.4, -0.2) is 70.9 Å². The molecule has 3 rings (SSSR count). The van der Waals surface area contributed by atoms with Gasteiger partial charge in [0.05, 0.1) is 0 Å². The lowest BCUT2D eigenvalue weighted by atomic mass is 9.75. The van der Waals surface area contributed by atoms with E-state index in [9.17, 15) is 4.79 Å². The minimum absolute atomic E-state index is 0.107. The number of nitrogens with zero attached hydrogens (tertiary/aromatic N) is 5. The topological polar surface area (TPSA) is 84.6 Å². The molecule has 3 heterocycles. The maximum Gasteiger partial charge on any atom is 0.319 e. The van der Waals surface area contributed by atoms with E-state index >= 15 is 0 Å². The molecule has 8 nitrogen and oxygen atoms in total. The van der Waals surface area contributed by atoms with Gasteiger partial charge in [0.2, 0.25) is 0 Å². The predicted molar refractivity (Wildman–Crippen MR) is 105 cm³/mol. The van der Waals surface area contributed by atoms with Gasteiger partial charge in [-0.25, -0.2) is 4.79 Å². The Morgan fingerprint density at radius 1 is 1.25 bits per heavy atom. The number of urea groups is 1. The molecule has 28 heavy (non-hydrogen) atoms. The lowest BCUT2D eigenvalue weighted by Crippen LogP contribution is -2.50. The van der Waals surface area contributed by atoms with Crippen LogP contribution < -0.4 is 0 Å². The van der Waals surface area contributed by atoms with Crippen LogP contribution in [0.3, 0.4) is 0 Å². The van der Waals surface area contributed by atoms with Gasteiger partial charge in [-0.15, -0.1) is 0 Å². The number of piperidine rings is 1. The van der Waals surface area contributed by atoms with Gasteiger partial charge in [0.1, 0.15) is 0 Å². The zero-order valence-electron chi connectivity index (χ0n) is 16.9. The predicted octanol–water partition coefficient (Wildman–Crippen LogP) is 2.96. The molecule has 152 valence electrons. The number of hydrogen-bond acceptors (Lipinski definition) is 6. The summed E-state index contributed by atoms with van der Waals surface area (Å²) in [5, 5.41) is 4.30. The molecular formula is C20H29N5O3. The van der Waals surface area contributed by atoms with Gasteiger partial charge in [-0.2, -0.15) is 4.98 Å². The zero-order valence-corrected chi connectivity index (χ0v) is 16.9. The van der Waals surface area contributed by atoms with Crippen LogP contribution in [0.5, 0.6) is 0 Å². The van der Waals surface area contributed by atoms with Gasteiger partial charge in [0.15, 0.2) is 5.82 Å². The first-order valence-corrected chi connectivity index (χ1v) is 9.91. The number of carbonyl (C=O) groups excluding carboxylic acids is 1. The van der Waals surface area contributed by atoms with E-state index in [1.807, 2.05) is 35.8 Å². The third-order valence-corrected chi connectivity index (χ3v) is 5.64. The van der Waals surface area contributed by atoms with Crippen LogP contribution in [-0.2, 0) is 10.2 Å². The van der Waals surface area contributed by atoms with E-state index in [1.165, 1.54) is 0 Å². The molecule has 0 atom stereocenters. The lowest BCUT2D eigenvalue weighted by molar-refractivity contribution is 0.101. The molecular weight excluding hydrogens is 358 g/mol. The number of hydrogen-bond donors (Lipinski definition) is 0. The molecule has 2 amide bonds. The molecule has 0 saturated carbocycles. The highest BCUT2D eigenvalue weighted by Crippen LogP contribution is 2.38. The smallest absolute Gasteiger partial charge is 0.319 e. The monoisotopic (exact) mass is 387 g/mol. The van der Waals surface area contributed by atoms with Crippen molar-refractivity contribution in [2.45, 2.75) is 38.5 Å². The van der Waals surface area contributed by atoms with Crippen molar-refractivity contribution in [2.75, 3.05) is 39.9 Å². The quantitative estimate of drug-likeness (QED) is 0.726. The minimum atomic E-state index is -0.245. The molecule has 0 unspecified atom stereocenters. The maximum absolute atomic E-state index is 12.7. The van der Waals surface area contributed by atoms with Crippen LogP contribution >= 0.6 is 0 Å². The summed E-state index contributed by atoms with van der Waals surface area (Å²) in [7, 11) is 1.70. The summed E-state index contributed by atoms with van der Waals surface area (Å²) in [5.74, 6) is 1.20. The maximum atomic E-state index is 12.7. The van der Waals surface area contributed by atoms with Gasteiger partial charge in [0, 0.05) is 63.3 Å². The molecule has 0 N–H and O–H groups in total. The largest absolute Gasteiger partial charge is 0.385 e. The Morgan fingerprint density at radius 3 is 2.54 bits per heavy atom. The normalized spacial score (nSPS) is 16.2. The second-order valence-electron chi connectivity index (χ2n) is 7.12. The number of rotatable bonds is 7. The summed E-state index contributed by atoms with van der Waals surface area (Å²) in [6.07, 6.45) is 5.79. The fraction of sp³-hybridized carbons (Fsp3) is 0.600. The second kappa shape index (κ2) is 9.14. The van der Waals surface area contributed by atoms with Gasteiger partial charge in [-0.1, -0.05) is 5.16 Å². The molecule has 1 fully saturated rings. The summed E-state index contributed by atoms with van der Waals surface area (Å²) >= 11 is 0. The Balaban J connectivity index is 1.78. The molecule has 0 spiro atoms. The minimum Gasteiger partial charge on any atom is -0.385 e. The average Bonchev–Trinajstić information content (AvgIpc) is 3.25. The van der Waals surface area contributed by atoms with Gasteiger partial charge in [0.25, 0.3) is 5.89 Å². The van der Waals surface area contributed by atoms with E-state index in [2.05, 4.69) is 10.1 Å². The molecule has 0 aliphatic carbocycles. The van der Waals surface area contributed by atoms with Gasteiger partial charge >= 0.3 is 6.03 Å². The van der Waals surface area contributed by atoms with Crippen molar-refractivity contribution in [2.24, 2.45) is 0 Å². The number of aromatic nitrogens is 3. The number of likely N-dealkylation sites (tertiary alicyclic amines) is 1. The Hall–Kier alpha value is -2.48. The van der Waals surface area contributed by atoms with Crippen LogP contribution in [0.25, 0.3) is 11.5 Å². The molecule has 0 radical (unpaired) electrons. The average molecular weight is 387 g/mol. The van der Waals surface area contributed by atoms with Gasteiger partial charge in [-0.3, -0.25) is 4.98 Å². The van der Waals surface area contributed by atoms with E-state index in [4.69, 9.17) is 14.2 Å². The number of pyridine rings is 1. The fourth-order valence-corrected chi connectivity index (χ4v) is 3.75. The Kier molecular flexibility index (Phi) is 6.61. The molecule has 2 aromatic heterocycles. The lowest BCUT2D eigenvalue weighted by Gasteiger charge is -2.41. The third-order valence-electron chi connectivity index (χ3n) is 5.64. The van der Waals surface area contributed by atoms with Crippen LogP contribution in [0.2, 0.25) is 0 Å². The number of ether oxygens (including phenoxy) is 1. The Bertz CT molecular complexity index is 752. The second-order valence-corrected chi connectivity index (χ2v) is 7.12. The molecule has 0 bridgehead atoms. The number of amides is 2. The zero-order chi connectivity index (χ0) is 20.0. The molecule has 0 aromatic carbocycles. The molecule has 1 saturated heterocycles.